The van der Waals surface area contributed by atoms with Crippen molar-refractivity contribution >= 4 is 11.8 Å². The van der Waals surface area contributed by atoms with Crippen LogP contribution in [0, 0.1) is 11.3 Å². The van der Waals surface area contributed by atoms with Gasteiger partial charge in [0, 0.05) is 18.7 Å². The van der Waals surface area contributed by atoms with Gasteiger partial charge in [0.1, 0.15) is 12.2 Å². The Bertz CT molecular complexity index is 509. The van der Waals surface area contributed by atoms with Gasteiger partial charge in [-0.15, -0.1) is 0 Å². The standard InChI is InChI=1S/C14H17N3O3/c1-20-12-5-2-4-11(10-12)14(19)17-9-3-8-16-13(18)6-7-15/h2,4-5,10H,3,6,8-9H2,1H3,(H,16,18)(H,17,19). The van der Waals surface area contributed by atoms with Gasteiger partial charge in [-0.2, -0.15) is 5.26 Å². The molecule has 6 heteroatoms. The van der Waals surface area contributed by atoms with Crippen molar-refractivity contribution in [3.05, 3.63) is 29.8 Å². The molecule has 1 aromatic carbocycles. The Morgan fingerprint density at radius 2 is 2.05 bits per heavy atom. The fourth-order valence-electron chi connectivity index (χ4n) is 1.52. The van der Waals surface area contributed by atoms with Gasteiger partial charge in [-0.3, -0.25) is 9.59 Å². The van der Waals surface area contributed by atoms with Crippen LogP contribution in [0.15, 0.2) is 24.3 Å². The molecule has 0 aliphatic rings. The van der Waals surface area contributed by atoms with E-state index in [0.29, 0.717) is 30.8 Å². The highest BCUT2D eigenvalue weighted by atomic mass is 16.5. The number of benzene rings is 1. The lowest BCUT2D eigenvalue weighted by atomic mass is 10.2. The van der Waals surface area contributed by atoms with Gasteiger partial charge >= 0.3 is 0 Å². The summed E-state index contributed by atoms with van der Waals surface area (Å²) in [4.78, 5) is 22.8. The highest BCUT2D eigenvalue weighted by Crippen LogP contribution is 2.12. The van der Waals surface area contributed by atoms with E-state index in [1.807, 2.05) is 0 Å². The van der Waals surface area contributed by atoms with Crippen molar-refractivity contribution in [2.24, 2.45) is 0 Å². The Balaban J connectivity index is 2.26. The second-order valence-corrected chi connectivity index (χ2v) is 4.03. The third kappa shape index (κ3) is 5.40. The Labute approximate surface area is 117 Å². The van der Waals surface area contributed by atoms with Crippen LogP contribution in [-0.4, -0.2) is 32.0 Å². The minimum Gasteiger partial charge on any atom is -0.497 e. The van der Waals surface area contributed by atoms with Gasteiger partial charge in [-0.05, 0) is 24.6 Å². The molecule has 0 aromatic heterocycles. The normalized spacial score (nSPS) is 9.40. The number of carbonyl (C=O) groups excluding carboxylic acids is 2. The highest BCUT2D eigenvalue weighted by molar-refractivity contribution is 5.94. The number of nitriles is 1. The Morgan fingerprint density at radius 1 is 1.30 bits per heavy atom. The molecule has 0 saturated carbocycles. The third-order valence-electron chi connectivity index (χ3n) is 2.53. The number of methoxy groups -OCH3 is 1. The molecule has 0 heterocycles. The number of ether oxygens (including phenoxy) is 1. The third-order valence-corrected chi connectivity index (χ3v) is 2.53. The lowest BCUT2D eigenvalue weighted by molar-refractivity contribution is -0.120. The number of hydrogen-bond donors (Lipinski definition) is 2. The van der Waals surface area contributed by atoms with Crippen molar-refractivity contribution in [3.8, 4) is 11.8 Å². The molecule has 0 bridgehead atoms. The van der Waals surface area contributed by atoms with Gasteiger partial charge in [0.15, 0.2) is 0 Å². The van der Waals surface area contributed by atoms with Gasteiger partial charge in [0.05, 0.1) is 13.2 Å². The first kappa shape index (κ1) is 15.5. The molecule has 2 amide bonds. The van der Waals surface area contributed by atoms with Gasteiger partial charge < -0.3 is 15.4 Å². The van der Waals surface area contributed by atoms with E-state index in [1.54, 1.807) is 37.4 Å². The number of nitrogens with one attached hydrogen (secondary N) is 2. The number of hydrogen-bond acceptors (Lipinski definition) is 4. The summed E-state index contributed by atoms with van der Waals surface area (Å²) >= 11 is 0. The van der Waals surface area contributed by atoms with E-state index in [9.17, 15) is 9.59 Å². The molecule has 0 spiro atoms. The minimum absolute atomic E-state index is 0.143. The van der Waals surface area contributed by atoms with Crippen molar-refractivity contribution in [3.63, 3.8) is 0 Å². The molecule has 1 rings (SSSR count). The molecular weight excluding hydrogens is 258 g/mol. The molecule has 2 N–H and O–H groups in total. The van der Waals surface area contributed by atoms with Crippen LogP contribution in [0.2, 0.25) is 0 Å². The van der Waals surface area contributed by atoms with Crippen LogP contribution >= 0.6 is 0 Å². The molecule has 6 nitrogen and oxygen atoms in total. The van der Waals surface area contributed by atoms with E-state index in [2.05, 4.69) is 10.6 Å². The second kappa shape index (κ2) is 8.53. The summed E-state index contributed by atoms with van der Waals surface area (Å²) in [6.07, 6.45) is 0.461. The molecule has 0 unspecified atom stereocenters. The smallest absolute Gasteiger partial charge is 0.251 e. The van der Waals surface area contributed by atoms with Gasteiger partial charge in [0.2, 0.25) is 5.91 Å². The molecular formula is C14H17N3O3. The summed E-state index contributed by atoms with van der Waals surface area (Å²) in [5, 5.41) is 13.6. The van der Waals surface area contributed by atoms with Crippen LogP contribution in [-0.2, 0) is 4.79 Å². The first-order chi connectivity index (χ1) is 9.67. The second-order valence-electron chi connectivity index (χ2n) is 4.03. The van der Waals surface area contributed by atoms with Crippen molar-refractivity contribution in [2.75, 3.05) is 20.2 Å². The quantitative estimate of drug-likeness (QED) is 0.721. The molecule has 0 aliphatic heterocycles. The minimum atomic E-state index is -0.299. The molecule has 0 fully saturated rings. The fourth-order valence-corrected chi connectivity index (χ4v) is 1.52. The van der Waals surface area contributed by atoms with E-state index in [4.69, 9.17) is 10.00 Å². The average Bonchev–Trinajstić information content (AvgIpc) is 2.47. The van der Waals surface area contributed by atoms with Crippen LogP contribution in [0.25, 0.3) is 0 Å². The SMILES string of the molecule is COc1cccc(C(=O)NCCCNC(=O)CC#N)c1. The predicted molar refractivity (Wildman–Crippen MR) is 73.2 cm³/mol. The molecule has 0 aliphatic carbocycles. The highest BCUT2D eigenvalue weighted by Gasteiger charge is 2.05. The number of amides is 2. The lowest BCUT2D eigenvalue weighted by Gasteiger charge is -2.07. The fraction of sp³-hybridized carbons (Fsp3) is 0.357. The van der Waals surface area contributed by atoms with Crippen molar-refractivity contribution in [1.29, 1.82) is 5.26 Å². The number of carbonyl (C=O) groups is 2. The maximum absolute atomic E-state index is 11.8. The van der Waals surface area contributed by atoms with Crippen LogP contribution in [0.5, 0.6) is 5.75 Å². The maximum Gasteiger partial charge on any atom is 0.251 e. The molecule has 0 atom stereocenters. The Kier molecular flexibility index (Phi) is 6.62. The summed E-state index contributed by atoms with van der Waals surface area (Å²) in [7, 11) is 1.54. The monoisotopic (exact) mass is 275 g/mol. The first-order valence-electron chi connectivity index (χ1n) is 6.23. The molecule has 0 saturated heterocycles. The predicted octanol–water partition coefficient (Wildman–Crippen LogP) is 0.845. The van der Waals surface area contributed by atoms with Crippen LogP contribution in [0.1, 0.15) is 23.2 Å². The van der Waals surface area contributed by atoms with E-state index < -0.39 is 0 Å². The van der Waals surface area contributed by atoms with Crippen LogP contribution in [0.3, 0.4) is 0 Å². The van der Waals surface area contributed by atoms with E-state index in [1.165, 1.54) is 0 Å². The van der Waals surface area contributed by atoms with Crippen LogP contribution in [0.4, 0.5) is 0 Å². The van der Waals surface area contributed by atoms with E-state index in [-0.39, 0.29) is 18.2 Å². The molecule has 20 heavy (non-hydrogen) atoms. The lowest BCUT2D eigenvalue weighted by Crippen LogP contribution is -2.29. The number of rotatable bonds is 7. The van der Waals surface area contributed by atoms with Crippen LogP contribution < -0.4 is 15.4 Å². The first-order valence-corrected chi connectivity index (χ1v) is 6.23. The number of nitrogens with zero attached hydrogens (tertiary/aromatic N) is 1. The molecule has 106 valence electrons. The Hall–Kier alpha value is -2.55. The van der Waals surface area contributed by atoms with Gasteiger partial charge in [0.25, 0.3) is 5.91 Å². The van der Waals surface area contributed by atoms with Gasteiger partial charge in [-0.1, -0.05) is 6.07 Å². The van der Waals surface area contributed by atoms with Crippen molar-refractivity contribution in [2.45, 2.75) is 12.8 Å². The van der Waals surface area contributed by atoms with Gasteiger partial charge in [-0.25, -0.2) is 0 Å². The van der Waals surface area contributed by atoms with E-state index in [0.717, 1.165) is 0 Å². The largest absolute Gasteiger partial charge is 0.497 e. The summed E-state index contributed by atoms with van der Waals surface area (Å²) in [6, 6.07) is 8.63. The maximum atomic E-state index is 11.8. The zero-order valence-corrected chi connectivity index (χ0v) is 11.3. The Morgan fingerprint density at radius 3 is 2.75 bits per heavy atom. The zero-order chi connectivity index (χ0) is 14.8. The van der Waals surface area contributed by atoms with Crippen molar-refractivity contribution < 1.29 is 14.3 Å². The summed E-state index contributed by atoms with van der Waals surface area (Å²) in [6.45, 7) is 0.877. The summed E-state index contributed by atoms with van der Waals surface area (Å²) < 4.78 is 5.04. The van der Waals surface area contributed by atoms with E-state index >= 15 is 0 Å². The molecule has 1 aromatic rings. The molecule has 0 radical (unpaired) electrons. The van der Waals surface area contributed by atoms with Crippen molar-refractivity contribution in [1.82, 2.24) is 10.6 Å². The average molecular weight is 275 g/mol. The topological polar surface area (TPSA) is 91.2 Å². The zero-order valence-electron chi connectivity index (χ0n) is 11.3. The summed E-state index contributed by atoms with van der Waals surface area (Å²) in [5.74, 6) is 0.139. The summed E-state index contributed by atoms with van der Waals surface area (Å²) in [5.41, 5.74) is 0.526.